The Morgan fingerprint density at radius 1 is 1.00 bits per heavy atom. The average Bonchev–Trinajstić information content (AvgIpc) is 3.30. The van der Waals surface area contributed by atoms with Crippen LogP contribution in [0.15, 0.2) is 54.6 Å². The molecule has 0 unspecified atom stereocenters. The van der Waals surface area contributed by atoms with Crippen LogP contribution >= 0.6 is 34.8 Å². The van der Waals surface area contributed by atoms with Gasteiger partial charge in [-0.05, 0) is 35.2 Å². The molecule has 2 heterocycles. The zero-order chi connectivity index (χ0) is 27.5. The van der Waals surface area contributed by atoms with Gasteiger partial charge in [0.15, 0.2) is 0 Å². The van der Waals surface area contributed by atoms with Crippen LogP contribution in [0, 0.1) is 0 Å². The molecule has 4 rings (SSSR count). The topological polar surface area (TPSA) is 85.7 Å². The maximum atomic E-state index is 12.6. The number of ether oxygens (including phenoxy) is 2. The molecule has 0 bridgehead atoms. The molecule has 1 aliphatic heterocycles. The molecule has 202 valence electrons. The number of hydrogen-bond acceptors (Lipinski definition) is 5. The highest BCUT2D eigenvalue weighted by molar-refractivity contribution is 6.67. The third kappa shape index (κ3) is 7.34. The second-order valence-corrected chi connectivity index (χ2v) is 12.6. The van der Waals surface area contributed by atoms with E-state index in [0.29, 0.717) is 25.3 Å². The number of nitrogens with one attached hydrogen (secondary N) is 1. The first-order valence-electron chi connectivity index (χ1n) is 12.1. The number of hydrogen-bond donors (Lipinski definition) is 1. The van der Waals surface area contributed by atoms with Gasteiger partial charge < -0.3 is 14.4 Å². The zero-order valence-electron chi connectivity index (χ0n) is 21.3. The highest BCUT2D eigenvalue weighted by atomic mass is 35.6. The molecule has 0 saturated carbocycles. The number of rotatable bonds is 5. The van der Waals surface area contributed by atoms with Crippen molar-refractivity contribution in [3.05, 3.63) is 77.0 Å². The Kier molecular flexibility index (Phi) is 8.45. The van der Waals surface area contributed by atoms with Crippen molar-refractivity contribution in [2.45, 2.75) is 49.6 Å². The van der Waals surface area contributed by atoms with Gasteiger partial charge in [-0.2, -0.15) is 5.10 Å². The fraction of sp³-hybridized carbons (Fsp3) is 0.370. The van der Waals surface area contributed by atoms with Crippen molar-refractivity contribution < 1.29 is 19.1 Å². The Balaban J connectivity index is 1.49. The summed E-state index contributed by atoms with van der Waals surface area (Å²) in [5.74, 6) is 0.422. The summed E-state index contributed by atoms with van der Waals surface area (Å²) >= 11 is 17.1. The van der Waals surface area contributed by atoms with Gasteiger partial charge in [-0.25, -0.2) is 14.3 Å². The number of carbonyl (C=O) groups is 2. The summed E-state index contributed by atoms with van der Waals surface area (Å²) in [5.41, 5.74) is 4.33. The van der Waals surface area contributed by atoms with Gasteiger partial charge in [0.2, 0.25) is 3.79 Å². The van der Waals surface area contributed by atoms with Crippen LogP contribution in [-0.2, 0) is 34.5 Å². The van der Waals surface area contributed by atoms with Gasteiger partial charge in [0, 0.05) is 24.6 Å². The van der Waals surface area contributed by atoms with Crippen molar-refractivity contribution in [2.75, 3.05) is 18.5 Å². The standard InChI is InChI=1S/C27H29Cl3N4O4/c1-26(2,3)22-14-23(31-24(35)38-17-27(28,29)30)34(32-22)21-10-9-20-15-33(12-11-19(20)13-21)25(36)37-16-18-7-5-4-6-8-18/h4-10,13-14H,11-12,15-17H2,1-3H3,(H,31,35). The van der Waals surface area contributed by atoms with Crippen molar-refractivity contribution in [1.82, 2.24) is 14.7 Å². The minimum absolute atomic E-state index is 0.233. The molecule has 1 aliphatic rings. The van der Waals surface area contributed by atoms with Crippen molar-refractivity contribution in [2.24, 2.45) is 0 Å². The first-order chi connectivity index (χ1) is 17.9. The maximum absolute atomic E-state index is 12.6. The van der Waals surface area contributed by atoms with Crippen molar-refractivity contribution in [1.29, 1.82) is 0 Å². The average molecular weight is 580 g/mol. The van der Waals surface area contributed by atoms with E-state index in [2.05, 4.69) is 5.32 Å². The van der Waals surface area contributed by atoms with Crippen LogP contribution in [0.4, 0.5) is 15.4 Å². The Hall–Kier alpha value is -2.94. The second kappa shape index (κ2) is 11.4. The van der Waals surface area contributed by atoms with E-state index < -0.39 is 16.5 Å². The molecule has 0 radical (unpaired) electrons. The Morgan fingerprint density at radius 2 is 1.74 bits per heavy atom. The van der Waals surface area contributed by atoms with Gasteiger partial charge in [-0.1, -0.05) is 92.0 Å². The number of anilines is 1. The molecular weight excluding hydrogens is 551 g/mol. The number of fused-ring (bicyclic) bond motifs is 1. The van der Waals surface area contributed by atoms with Gasteiger partial charge in [-0.3, -0.25) is 5.32 Å². The van der Waals surface area contributed by atoms with E-state index in [0.717, 1.165) is 28.1 Å². The number of alkyl halides is 3. The Labute approximate surface area is 236 Å². The summed E-state index contributed by atoms with van der Waals surface area (Å²) in [6.07, 6.45) is -0.448. The number of benzene rings is 2. The quantitative estimate of drug-likeness (QED) is 0.337. The van der Waals surface area contributed by atoms with Crippen LogP contribution < -0.4 is 5.32 Å². The molecule has 1 N–H and O–H groups in total. The summed E-state index contributed by atoms with van der Waals surface area (Å²) in [4.78, 5) is 26.7. The molecular formula is C27H29Cl3N4O4. The molecule has 0 aliphatic carbocycles. The molecule has 0 saturated heterocycles. The predicted octanol–water partition coefficient (Wildman–Crippen LogP) is 6.78. The van der Waals surface area contributed by atoms with Crippen LogP contribution in [-0.4, -0.2) is 43.8 Å². The van der Waals surface area contributed by atoms with Gasteiger partial charge in [-0.15, -0.1) is 0 Å². The van der Waals surface area contributed by atoms with Crippen molar-refractivity contribution in [3.8, 4) is 5.69 Å². The maximum Gasteiger partial charge on any atom is 0.412 e. The van der Waals surface area contributed by atoms with Crippen LogP contribution in [0.25, 0.3) is 5.69 Å². The molecule has 8 nitrogen and oxygen atoms in total. The van der Waals surface area contributed by atoms with E-state index in [1.807, 2.05) is 69.3 Å². The lowest BCUT2D eigenvalue weighted by atomic mass is 9.92. The lowest BCUT2D eigenvalue weighted by Gasteiger charge is -2.28. The summed E-state index contributed by atoms with van der Waals surface area (Å²) in [6.45, 7) is 6.91. The number of carbonyl (C=O) groups excluding carboxylic acids is 2. The third-order valence-electron chi connectivity index (χ3n) is 5.98. The highest BCUT2D eigenvalue weighted by Gasteiger charge is 2.26. The van der Waals surface area contributed by atoms with Crippen molar-refractivity contribution >= 4 is 52.8 Å². The monoisotopic (exact) mass is 578 g/mol. The summed E-state index contributed by atoms with van der Waals surface area (Å²) in [6, 6.07) is 17.3. The fourth-order valence-electron chi connectivity index (χ4n) is 3.96. The molecule has 2 aromatic carbocycles. The largest absolute Gasteiger partial charge is 0.445 e. The smallest absolute Gasteiger partial charge is 0.412 e. The molecule has 11 heteroatoms. The van der Waals surface area contributed by atoms with Crippen LogP contribution in [0.5, 0.6) is 0 Å². The van der Waals surface area contributed by atoms with Gasteiger partial charge in [0.25, 0.3) is 0 Å². The van der Waals surface area contributed by atoms with E-state index in [9.17, 15) is 9.59 Å². The minimum atomic E-state index is -1.71. The number of nitrogens with zero attached hydrogens (tertiary/aromatic N) is 3. The summed E-state index contributed by atoms with van der Waals surface area (Å²) in [5, 5.41) is 7.44. The lowest BCUT2D eigenvalue weighted by molar-refractivity contribution is 0.0918. The van der Waals surface area contributed by atoms with E-state index in [4.69, 9.17) is 49.4 Å². The van der Waals surface area contributed by atoms with Gasteiger partial charge in [0.1, 0.15) is 19.0 Å². The van der Waals surface area contributed by atoms with E-state index in [1.54, 1.807) is 15.6 Å². The number of aromatic nitrogens is 2. The Bertz CT molecular complexity index is 1300. The minimum Gasteiger partial charge on any atom is -0.445 e. The predicted molar refractivity (Wildman–Crippen MR) is 148 cm³/mol. The SMILES string of the molecule is CC(C)(C)c1cc(NC(=O)OCC(Cl)(Cl)Cl)n(-c2ccc3c(c2)CCN(C(=O)OCc2ccccc2)C3)n1. The van der Waals surface area contributed by atoms with Crippen LogP contribution in [0.3, 0.4) is 0 Å². The fourth-order valence-corrected chi connectivity index (χ4v) is 4.12. The van der Waals surface area contributed by atoms with Crippen LogP contribution in [0.2, 0.25) is 0 Å². The Morgan fingerprint density at radius 3 is 2.42 bits per heavy atom. The first-order valence-corrected chi connectivity index (χ1v) is 13.2. The molecule has 0 spiro atoms. The normalized spacial score (nSPS) is 13.6. The number of halogens is 3. The summed E-state index contributed by atoms with van der Waals surface area (Å²) in [7, 11) is 0. The molecule has 0 atom stereocenters. The van der Waals surface area contributed by atoms with E-state index >= 15 is 0 Å². The molecule has 0 fully saturated rings. The van der Waals surface area contributed by atoms with E-state index in [1.165, 1.54) is 0 Å². The highest BCUT2D eigenvalue weighted by Crippen LogP contribution is 2.30. The molecule has 1 aromatic heterocycles. The lowest BCUT2D eigenvalue weighted by Crippen LogP contribution is -2.36. The first kappa shape index (κ1) is 28.1. The molecule has 3 aromatic rings. The molecule has 2 amide bonds. The van der Waals surface area contributed by atoms with Gasteiger partial charge in [0.05, 0.1) is 11.4 Å². The van der Waals surface area contributed by atoms with Crippen molar-refractivity contribution in [3.63, 3.8) is 0 Å². The van der Waals surface area contributed by atoms with E-state index in [-0.39, 0.29) is 18.1 Å². The zero-order valence-corrected chi connectivity index (χ0v) is 23.6. The number of amides is 2. The summed E-state index contributed by atoms with van der Waals surface area (Å²) < 4.78 is 10.5. The van der Waals surface area contributed by atoms with Gasteiger partial charge >= 0.3 is 12.2 Å². The third-order valence-corrected chi connectivity index (χ3v) is 6.31. The second-order valence-electron chi connectivity index (χ2n) is 10.1. The van der Waals surface area contributed by atoms with Crippen LogP contribution in [0.1, 0.15) is 43.2 Å². The molecule has 38 heavy (non-hydrogen) atoms.